The molecule has 0 unspecified atom stereocenters. The van der Waals surface area contributed by atoms with Crippen molar-refractivity contribution in [3.05, 3.63) is 23.3 Å². The fraction of sp³-hybridized carbons (Fsp3) is 0.400. The summed E-state index contributed by atoms with van der Waals surface area (Å²) in [4.78, 5) is 0. The van der Waals surface area contributed by atoms with E-state index in [1.54, 1.807) is 13.8 Å². The number of hydrogen-bond donors (Lipinski definition) is 3. The number of rotatable bonds is 4. The molecule has 0 aliphatic heterocycles. The standard InChI is InChI=1S/C10H14F3N3O2S/c1-6-3-8(14)4-7(2)9(6)16-19(17,18)15-5-10(11,12)13/h3-4,15-16H,5,14H2,1-2H3. The molecule has 9 heteroatoms. The molecule has 1 aromatic carbocycles. The van der Waals surface area contributed by atoms with Gasteiger partial charge < -0.3 is 5.73 Å². The third-order valence-electron chi connectivity index (χ3n) is 2.25. The Labute approximate surface area is 109 Å². The van der Waals surface area contributed by atoms with Crippen LogP contribution in [0.25, 0.3) is 0 Å². The first-order valence-electron chi connectivity index (χ1n) is 5.21. The molecule has 0 saturated heterocycles. The lowest BCUT2D eigenvalue weighted by molar-refractivity contribution is -0.121. The average Bonchev–Trinajstić information content (AvgIpc) is 2.20. The van der Waals surface area contributed by atoms with Gasteiger partial charge in [-0.3, -0.25) is 4.72 Å². The van der Waals surface area contributed by atoms with Crippen molar-refractivity contribution in [2.45, 2.75) is 20.0 Å². The smallest absolute Gasteiger partial charge is 0.399 e. The van der Waals surface area contributed by atoms with E-state index in [1.807, 2.05) is 0 Å². The van der Waals surface area contributed by atoms with Crippen LogP contribution in [0.4, 0.5) is 24.5 Å². The van der Waals surface area contributed by atoms with Gasteiger partial charge in [0.1, 0.15) is 6.54 Å². The number of halogens is 3. The Hall–Kier alpha value is -1.48. The van der Waals surface area contributed by atoms with Crippen molar-refractivity contribution in [2.24, 2.45) is 0 Å². The number of nitrogens with one attached hydrogen (secondary N) is 2. The van der Waals surface area contributed by atoms with Gasteiger partial charge in [-0.05, 0) is 37.1 Å². The zero-order valence-corrected chi connectivity index (χ0v) is 11.1. The summed E-state index contributed by atoms with van der Waals surface area (Å²) in [6.45, 7) is 1.57. The lowest BCUT2D eigenvalue weighted by atomic mass is 10.1. The molecule has 0 aliphatic carbocycles. The van der Waals surface area contributed by atoms with E-state index in [-0.39, 0.29) is 5.69 Å². The van der Waals surface area contributed by atoms with Gasteiger partial charge in [0.05, 0.1) is 5.69 Å². The molecule has 0 fully saturated rings. The zero-order chi connectivity index (χ0) is 14.8. The maximum atomic E-state index is 12.0. The van der Waals surface area contributed by atoms with Gasteiger partial charge in [-0.15, -0.1) is 0 Å². The summed E-state index contributed by atoms with van der Waals surface area (Å²) in [5.41, 5.74) is 7.27. The van der Waals surface area contributed by atoms with Gasteiger partial charge >= 0.3 is 6.18 Å². The van der Waals surface area contributed by atoms with E-state index in [2.05, 4.69) is 4.72 Å². The van der Waals surface area contributed by atoms with Gasteiger partial charge in [-0.1, -0.05) is 0 Å². The van der Waals surface area contributed by atoms with Crippen LogP contribution in [0.15, 0.2) is 12.1 Å². The maximum Gasteiger partial charge on any atom is 0.402 e. The third kappa shape index (κ3) is 4.95. The van der Waals surface area contributed by atoms with Crippen LogP contribution < -0.4 is 15.2 Å². The molecule has 0 spiro atoms. The second-order valence-electron chi connectivity index (χ2n) is 4.07. The van der Waals surface area contributed by atoms with E-state index in [0.29, 0.717) is 16.8 Å². The van der Waals surface area contributed by atoms with Crippen LogP contribution in [0.2, 0.25) is 0 Å². The number of alkyl halides is 3. The van der Waals surface area contributed by atoms with E-state index >= 15 is 0 Å². The number of nitrogens with two attached hydrogens (primary N) is 1. The summed E-state index contributed by atoms with van der Waals surface area (Å²) in [5.74, 6) is 0. The van der Waals surface area contributed by atoms with Crippen molar-refractivity contribution in [3.8, 4) is 0 Å². The molecule has 0 atom stereocenters. The van der Waals surface area contributed by atoms with Crippen molar-refractivity contribution >= 4 is 21.6 Å². The molecule has 0 heterocycles. The first-order chi connectivity index (χ1) is 8.50. The molecule has 0 aliphatic rings. The molecule has 1 rings (SSSR count). The number of benzene rings is 1. The molecule has 108 valence electrons. The molecular weight excluding hydrogens is 283 g/mol. The van der Waals surface area contributed by atoms with Crippen LogP contribution in [0.3, 0.4) is 0 Å². The summed E-state index contributed by atoms with van der Waals surface area (Å²) in [6.07, 6.45) is -4.61. The highest BCUT2D eigenvalue weighted by molar-refractivity contribution is 7.90. The van der Waals surface area contributed by atoms with E-state index in [4.69, 9.17) is 5.73 Å². The van der Waals surface area contributed by atoms with Crippen LogP contribution in [-0.2, 0) is 10.2 Å². The predicted molar refractivity (Wildman–Crippen MR) is 66.9 cm³/mol. The van der Waals surface area contributed by atoms with Crippen LogP contribution >= 0.6 is 0 Å². The molecule has 0 radical (unpaired) electrons. The normalized spacial score (nSPS) is 12.5. The second-order valence-corrected chi connectivity index (χ2v) is 5.57. The molecule has 0 bridgehead atoms. The minimum Gasteiger partial charge on any atom is -0.399 e. The van der Waals surface area contributed by atoms with Crippen molar-refractivity contribution in [1.29, 1.82) is 0 Å². The summed E-state index contributed by atoms with van der Waals surface area (Å²) < 4.78 is 62.3. The molecule has 5 nitrogen and oxygen atoms in total. The quantitative estimate of drug-likeness (QED) is 0.739. The third-order valence-corrected chi connectivity index (χ3v) is 3.25. The Bertz CT molecular complexity index is 547. The van der Waals surface area contributed by atoms with E-state index < -0.39 is 22.9 Å². The van der Waals surface area contributed by atoms with Crippen LogP contribution in [0, 0.1) is 13.8 Å². The number of nitrogen functional groups attached to an aromatic ring is 1. The molecule has 0 saturated carbocycles. The van der Waals surface area contributed by atoms with Gasteiger partial charge in [0.2, 0.25) is 0 Å². The molecule has 4 N–H and O–H groups in total. The van der Waals surface area contributed by atoms with Gasteiger partial charge in [0.25, 0.3) is 10.2 Å². The molecule has 1 aromatic rings. The van der Waals surface area contributed by atoms with Crippen LogP contribution in [0.1, 0.15) is 11.1 Å². The highest BCUT2D eigenvalue weighted by Gasteiger charge is 2.29. The Kier molecular flexibility index (Phi) is 4.31. The summed E-state index contributed by atoms with van der Waals surface area (Å²) >= 11 is 0. The Balaban J connectivity index is 2.90. The van der Waals surface area contributed by atoms with Gasteiger partial charge in [-0.2, -0.15) is 26.3 Å². The lowest BCUT2D eigenvalue weighted by Crippen LogP contribution is -2.37. The minimum atomic E-state index is -4.61. The van der Waals surface area contributed by atoms with Crippen molar-refractivity contribution < 1.29 is 21.6 Å². The van der Waals surface area contributed by atoms with Crippen molar-refractivity contribution in [1.82, 2.24) is 4.72 Å². The van der Waals surface area contributed by atoms with E-state index in [1.165, 1.54) is 16.9 Å². The number of aryl methyl sites for hydroxylation is 2. The highest BCUT2D eigenvalue weighted by Crippen LogP contribution is 2.24. The molecule has 0 amide bonds. The number of anilines is 2. The van der Waals surface area contributed by atoms with E-state index in [0.717, 1.165) is 0 Å². The minimum absolute atomic E-state index is 0.212. The average molecular weight is 297 g/mol. The Morgan fingerprint density at radius 1 is 1.21 bits per heavy atom. The van der Waals surface area contributed by atoms with Crippen molar-refractivity contribution in [2.75, 3.05) is 17.0 Å². The molecule has 0 aromatic heterocycles. The predicted octanol–water partition coefficient (Wildman–Crippen LogP) is 1.69. The first kappa shape index (κ1) is 15.6. The SMILES string of the molecule is Cc1cc(N)cc(C)c1NS(=O)(=O)NCC(F)(F)F. The van der Waals surface area contributed by atoms with Crippen LogP contribution in [-0.4, -0.2) is 21.1 Å². The van der Waals surface area contributed by atoms with Gasteiger partial charge in [0, 0.05) is 5.69 Å². The monoisotopic (exact) mass is 297 g/mol. The topological polar surface area (TPSA) is 84.2 Å². The fourth-order valence-electron chi connectivity index (χ4n) is 1.51. The van der Waals surface area contributed by atoms with Gasteiger partial charge in [-0.25, -0.2) is 0 Å². The Morgan fingerprint density at radius 3 is 2.11 bits per heavy atom. The van der Waals surface area contributed by atoms with E-state index in [9.17, 15) is 21.6 Å². The zero-order valence-electron chi connectivity index (χ0n) is 10.3. The maximum absolute atomic E-state index is 12.0. The largest absolute Gasteiger partial charge is 0.402 e. The second kappa shape index (κ2) is 5.25. The highest BCUT2D eigenvalue weighted by atomic mass is 32.2. The van der Waals surface area contributed by atoms with Gasteiger partial charge in [0.15, 0.2) is 0 Å². The summed E-state index contributed by atoms with van der Waals surface area (Å²) in [7, 11) is -4.29. The summed E-state index contributed by atoms with van der Waals surface area (Å²) in [5, 5.41) is 0. The lowest BCUT2D eigenvalue weighted by Gasteiger charge is -2.15. The molecular formula is C10H14F3N3O2S. The molecule has 19 heavy (non-hydrogen) atoms. The van der Waals surface area contributed by atoms with Crippen LogP contribution in [0.5, 0.6) is 0 Å². The number of hydrogen-bond acceptors (Lipinski definition) is 3. The van der Waals surface area contributed by atoms with Crippen molar-refractivity contribution in [3.63, 3.8) is 0 Å². The summed E-state index contributed by atoms with van der Waals surface area (Å²) in [6, 6.07) is 3.04. The fourth-order valence-corrected chi connectivity index (χ4v) is 2.52. The first-order valence-corrected chi connectivity index (χ1v) is 6.69. The Morgan fingerprint density at radius 2 is 1.68 bits per heavy atom.